The molecule has 1 unspecified atom stereocenters. The average molecular weight is 392 g/mol. The maximum absolute atomic E-state index is 12.4. The standard InChI is InChI=1S/C21H20N4O4/c1-28-17-8-6-15(7-9-17)23-20(26)13-25-12-16(11-22-25)24-21(27)19-10-14-4-2-3-5-18(14)29-19/h2-9,11-12,19H,10,13H2,1H3,(H,23,26)(H,24,27). The van der Waals surface area contributed by atoms with Crippen molar-refractivity contribution in [2.24, 2.45) is 0 Å². The largest absolute Gasteiger partial charge is 0.497 e. The third-order valence-corrected chi connectivity index (χ3v) is 4.52. The lowest BCUT2D eigenvalue weighted by atomic mass is 10.1. The van der Waals surface area contributed by atoms with Crippen LogP contribution >= 0.6 is 0 Å². The average Bonchev–Trinajstić information content (AvgIpc) is 3.35. The molecule has 0 aliphatic carbocycles. The number of ether oxygens (including phenoxy) is 2. The first-order chi connectivity index (χ1) is 14.1. The molecule has 0 saturated carbocycles. The first-order valence-electron chi connectivity index (χ1n) is 9.12. The fourth-order valence-electron chi connectivity index (χ4n) is 3.09. The summed E-state index contributed by atoms with van der Waals surface area (Å²) in [6.45, 7) is 0.0211. The van der Waals surface area contributed by atoms with E-state index >= 15 is 0 Å². The van der Waals surface area contributed by atoms with E-state index in [0.29, 0.717) is 23.5 Å². The van der Waals surface area contributed by atoms with E-state index in [2.05, 4.69) is 15.7 Å². The monoisotopic (exact) mass is 392 g/mol. The van der Waals surface area contributed by atoms with Crippen LogP contribution in [0.4, 0.5) is 11.4 Å². The number of rotatable bonds is 6. The number of aromatic nitrogens is 2. The van der Waals surface area contributed by atoms with Crippen LogP contribution in [0.3, 0.4) is 0 Å². The van der Waals surface area contributed by atoms with Crippen molar-refractivity contribution in [2.45, 2.75) is 19.1 Å². The van der Waals surface area contributed by atoms with Crippen molar-refractivity contribution in [1.82, 2.24) is 9.78 Å². The molecule has 3 aromatic rings. The van der Waals surface area contributed by atoms with Crippen LogP contribution in [0.5, 0.6) is 11.5 Å². The van der Waals surface area contributed by atoms with Crippen LogP contribution in [-0.2, 0) is 22.6 Å². The zero-order valence-corrected chi connectivity index (χ0v) is 15.8. The van der Waals surface area contributed by atoms with Crippen LogP contribution in [-0.4, -0.2) is 34.8 Å². The second kappa shape index (κ2) is 8.05. The molecular weight excluding hydrogens is 372 g/mol. The highest BCUT2D eigenvalue weighted by Gasteiger charge is 2.29. The van der Waals surface area contributed by atoms with Gasteiger partial charge in [-0.05, 0) is 35.9 Å². The molecule has 148 valence electrons. The van der Waals surface area contributed by atoms with Crippen LogP contribution in [0, 0.1) is 0 Å². The number of benzene rings is 2. The Kier molecular flexibility index (Phi) is 5.15. The number of amides is 2. The van der Waals surface area contributed by atoms with Crippen LogP contribution in [0.1, 0.15) is 5.56 Å². The molecule has 0 bridgehead atoms. The van der Waals surface area contributed by atoms with Gasteiger partial charge in [-0.1, -0.05) is 18.2 Å². The van der Waals surface area contributed by atoms with Crippen molar-refractivity contribution < 1.29 is 19.1 Å². The minimum absolute atomic E-state index is 0.0211. The molecule has 4 rings (SSSR count). The van der Waals surface area contributed by atoms with Gasteiger partial charge in [0.15, 0.2) is 6.10 Å². The summed E-state index contributed by atoms with van der Waals surface area (Å²) in [5.41, 5.74) is 2.18. The Balaban J connectivity index is 1.30. The molecule has 8 heteroatoms. The van der Waals surface area contributed by atoms with Crippen molar-refractivity contribution in [3.63, 3.8) is 0 Å². The molecule has 0 radical (unpaired) electrons. The van der Waals surface area contributed by atoms with Crippen molar-refractivity contribution in [3.8, 4) is 11.5 Å². The third-order valence-electron chi connectivity index (χ3n) is 4.52. The Bertz CT molecular complexity index is 1000. The van der Waals surface area contributed by atoms with E-state index in [9.17, 15) is 9.59 Å². The molecule has 2 amide bonds. The van der Waals surface area contributed by atoms with Crippen molar-refractivity contribution in [2.75, 3.05) is 17.7 Å². The van der Waals surface area contributed by atoms with Gasteiger partial charge in [0.05, 0.1) is 19.0 Å². The van der Waals surface area contributed by atoms with Gasteiger partial charge >= 0.3 is 0 Å². The number of methoxy groups -OCH3 is 1. The second-order valence-electron chi connectivity index (χ2n) is 6.61. The fourth-order valence-corrected chi connectivity index (χ4v) is 3.09. The maximum Gasteiger partial charge on any atom is 0.265 e. The molecule has 1 aliphatic rings. The highest BCUT2D eigenvalue weighted by atomic mass is 16.5. The topological polar surface area (TPSA) is 94.5 Å². The van der Waals surface area contributed by atoms with E-state index < -0.39 is 6.10 Å². The lowest BCUT2D eigenvalue weighted by Crippen LogP contribution is -2.31. The SMILES string of the molecule is COc1ccc(NC(=O)Cn2cc(NC(=O)C3Cc4ccccc4O3)cn2)cc1. The summed E-state index contributed by atoms with van der Waals surface area (Å²) in [4.78, 5) is 24.6. The molecular formula is C21H20N4O4. The summed E-state index contributed by atoms with van der Waals surface area (Å²) in [7, 11) is 1.58. The first kappa shape index (κ1) is 18.5. The lowest BCUT2D eigenvalue weighted by molar-refractivity contribution is -0.122. The Morgan fingerprint density at radius 3 is 2.69 bits per heavy atom. The maximum atomic E-state index is 12.4. The number of hydrogen-bond acceptors (Lipinski definition) is 5. The Morgan fingerprint density at radius 2 is 1.93 bits per heavy atom. The Hall–Kier alpha value is -3.81. The van der Waals surface area contributed by atoms with E-state index in [-0.39, 0.29) is 18.4 Å². The van der Waals surface area contributed by atoms with Crippen LogP contribution in [0.15, 0.2) is 60.9 Å². The van der Waals surface area contributed by atoms with Gasteiger partial charge in [0.25, 0.3) is 5.91 Å². The molecule has 1 aromatic heterocycles. The Labute approximate surface area is 167 Å². The second-order valence-corrected chi connectivity index (χ2v) is 6.61. The molecule has 0 spiro atoms. The van der Waals surface area contributed by atoms with Gasteiger partial charge in [-0.15, -0.1) is 0 Å². The van der Waals surface area contributed by atoms with Gasteiger partial charge < -0.3 is 20.1 Å². The number of nitrogens with zero attached hydrogens (tertiary/aromatic N) is 2. The normalized spacial score (nSPS) is 14.6. The van der Waals surface area contributed by atoms with E-state index in [1.165, 1.54) is 10.9 Å². The number of carbonyl (C=O) groups excluding carboxylic acids is 2. The smallest absolute Gasteiger partial charge is 0.265 e. The van der Waals surface area contributed by atoms with Gasteiger partial charge in [-0.2, -0.15) is 5.10 Å². The molecule has 2 aromatic carbocycles. The van der Waals surface area contributed by atoms with E-state index in [0.717, 1.165) is 11.3 Å². The molecule has 0 fully saturated rings. The summed E-state index contributed by atoms with van der Waals surface area (Å²) >= 11 is 0. The minimum atomic E-state index is -0.575. The van der Waals surface area contributed by atoms with Crippen molar-refractivity contribution in [1.29, 1.82) is 0 Å². The number of anilines is 2. The predicted molar refractivity (Wildman–Crippen MR) is 107 cm³/mol. The predicted octanol–water partition coefficient (Wildman–Crippen LogP) is 2.47. The number of fused-ring (bicyclic) bond motifs is 1. The first-order valence-corrected chi connectivity index (χ1v) is 9.12. The molecule has 1 aliphatic heterocycles. The third kappa shape index (κ3) is 4.37. The van der Waals surface area contributed by atoms with E-state index in [1.54, 1.807) is 37.6 Å². The lowest BCUT2D eigenvalue weighted by Gasteiger charge is -2.10. The summed E-state index contributed by atoms with van der Waals surface area (Å²) in [6.07, 6.45) is 3.06. The summed E-state index contributed by atoms with van der Waals surface area (Å²) in [6, 6.07) is 14.6. The molecule has 2 heterocycles. The molecule has 2 N–H and O–H groups in total. The molecule has 1 atom stereocenters. The zero-order chi connectivity index (χ0) is 20.2. The minimum Gasteiger partial charge on any atom is -0.497 e. The summed E-state index contributed by atoms with van der Waals surface area (Å²) in [5, 5.41) is 9.69. The van der Waals surface area contributed by atoms with Gasteiger partial charge in [0.1, 0.15) is 18.0 Å². The number of nitrogens with one attached hydrogen (secondary N) is 2. The zero-order valence-electron chi connectivity index (χ0n) is 15.8. The number of carbonyl (C=O) groups is 2. The van der Waals surface area contributed by atoms with E-state index in [4.69, 9.17) is 9.47 Å². The summed E-state index contributed by atoms with van der Waals surface area (Å²) in [5.74, 6) is 0.970. The number of para-hydroxylation sites is 1. The van der Waals surface area contributed by atoms with Gasteiger partial charge in [-0.25, -0.2) is 0 Å². The highest BCUT2D eigenvalue weighted by molar-refractivity contribution is 5.95. The Morgan fingerprint density at radius 1 is 1.14 bits per heavy atom. The van der Waals surface area contributed by atoms with Crippen LogP contribution < -0.4 is 20.1 Å². The quantitative estimate of drug-likeness (QED) is 0.672. The van der Waals surface area contributed by atoms with Crippen molar-refractivity contribution in [3.05, 3.63) is 66.5 Å². The molecule has 29 heavy (non-hydrogen) atoms. The fraction of sp³-hybridized carbons (Fsp3) is 0.190. The summed E-state index contributed by atoms with van der Waals surface area (Å²) < 4.78 is 12.2. The van der Waals surface area contributed by atoms with Crippen molar-refractivity contribution >= 4 is 23.2 Å². The number of hydrogen-bond donors (Lipinski definition) is 2. The highest BCUT2D eigenvalue weighted by Crippen LogP contribution is 2.28. The van der Waals surface area contributed by atoms with Gasteiger partial charge in [-0.3, -0.25) is 14.3 Å². The van der Waals surface area contributed by atoms with Gasteiger partial charge in [0, 0.05) is 18.3 Å². The van der Waals surface area contributed by atoms with Crippen LogP contribution in [0.2, 0.25) is 0 Å². The molecule has 0 saturated heterocycles. The van der Waals surface area contributed by atoms with E-state index in [1.807, 2.05) is 24.3 Å². The van der Waals surface area contributed by atoms with Gasteiger partial charge in [0.2, 0.25) is 5.91 Å². The van der Waals surface area contributed by atoms with Crippen LogP contribution in [0.25, 0.3) is 0 Å². The molecule has 8 nitrogen and oxygen atoms in total.